The highest BCUT2D eigenvalue weighted by Gasteiger charge is 2.39. The summed E-state index contributed by atoms with van der Waals surface area (Å²) >= 11 is 0. The summed E-state index contributed by atoms with van der Waals surface area (Å²) in [7, 11) is 2.21. The Morgan fingerprint density at radius 3 is 2.80 bits per heavy atom. The summed E-state index contributed by atoms with van der Waals surface area (Å²) < 4.78 is 0. The molecule has 2 saturated heterocycles. The third kappa shape index (κ3) is 3.07. The Bertz CT molecular complexity index is 769. The summed E-state index contributed by atoms with van der Waals surface area (Å²) in [4.78, 5) is 17.7. The maximum Gasteiger partial charge on any atom is 0.272 e. The van der Waals surface area contributed by atoms with Gasteiger partial charge in [0.25, 0.3) is 5.91 Å². The molecule has 1 amide bonds. The number of rotatable bonds is 4. The van der Waals surface area contributed by atoms with Gasteiger partial charge in [-0.3, -0.25) is 19.7 Å². The van der Waals surface area contributed by atoms with Crippen LogP contribution in [0.25, 0.3) is 10.9 Å². The molecule has 3 atom stereocenters. The van der Waals surface area contributed by atoms with Crippen molar-refractivity contribution in [3.05, 3.63) is 42.6 Å². The lowest BCUT2D eigenvalue weighted by Gasteiger charge is -2.50. The SMILES string of the molecule is C=CCN1C[C@H]2C[C@@H](NC(=O)c3n[nH]c4ccccc34)C[C@@H](C1)N2C. The molecule has 6 nitrogen and oxygen atoms in total. The summed E-state index contributed by atoms with van der Waals surface area (Å²) in [5.41, 5.74) is 1.39. The Kier molecular flexibility index (Phi) is 4.31. The molecule has 4 rings (SSSR count). The summed E-state index contributed by atoms with van der Waals surface area (Å²) in [5, 5.41) is 11.3. The molecular weight excluding hydrogens is 314 g/mol. The average Bonchev–Trinajstić information content (AvgIpc) is 3.01. The monoisotopic (exact) mass is 339 g/mol. The quantitative estimate of drug-likeness (QED) is 0.831. The smallest absolute Gasteiger partial charge is 0.272 e. The van der Waals surface area contributed by atoms with Crippen LogP contribution in [0.4, 0.5) is 0 Å². The van der Waals surface area contributed by atoms with E-state index in [1.807, 2.05) is 30.3 Å². The fourth-order valence-corrected chi connectivity index (χ4v) is 4.30. The molecule has 0 unspecified atom stereocenters. The minimum atomic E-state index is -0.0759. The zero-order valence-corrected chi connectivity index (χ0v) is 14.6. The van der Waals surface area contributed by atoms with Crippen molar-refractivity contribution >= 4 is 16.8 Å². The second kappa shape index (κ2) is 6.61. The number of H-pyrrole nitrogens is 1. The van der Waals surface area contributed by atoms with Crippen LogP contribution < -0.4 is 5.32 Å². The first-order chi connectivity index (χ1) is 12.2. The molecule has 25 heavy (non-hydrogen) atoms. The van der Waals surface area contributed by atoms with Crippen molar-refractivity contribution < 1.29 is 4.79 Å². The summed E-state index contributed by atoms with van der Waals surface area (Å²) in [6, 6.07) is 8.91. The van der Waals surface area contributed by atoms with Gasteiger partial charge in [0, 0.05) is 43.1 Å². The fraction of sp³-hybridized carbons (Fsp3) is 0.474. The summed E-state index contributed by atoms with van der Waals surface area (Å²) in [6.07, 6.45) is 3.94. The van der Waals surface area contributed by atoms with Gasteiger partial charge in [0.15, 0.2) is 5.69 Å². The minimum absolute atomic E-state index is 0.0759. The Morgan fingerprint density at radius 1 is 1.36 bits per heavy atom. The third-order valence-electron chi connectivity index (χ3n) is 5.61. The molecule has 2 fully saturated rings. The molecule has 2 aliphatic heterocycles. The number of carbonyl (C=O) groups excluding carboxylic acids is 1. The number of carbonyl (C=O) groups is 1. The summed E-state index contributed by atoms with van der Waals surface area (Å²) in [6.45, 7) is 6.87. The van der Waals surface area contributed by atoms with E-state index in [1.54, 1.807) is 0 Å². The molecule has 1 aromatic heterocycles. The Morgan fingerprint density at radius 2 is 2.08 bits per heavy atom. The van der Waals surface area contributed by atoms with E-state index in [-0.39, 0.29) is 11.9 Å². The average molecular weight is 339 g/mol. The van der Waals surface area contributed by atoms with Crippen LogP contribution in [0.2, 0.25) is 0 Å². The van der Waals surface area contributed by atoms with Crippen LogP contribution in [0.15, 0.2) is 36.9 Å². The Hall–Kier alpha value is -2.18. The van der Waals surface area contributed by atoms with Gasteiger partial charge in [-0.25, -0.2) is 0 Å². The Balaban J connectivity index is 1.45. The first-order valence-corrected chi connectivity index (χ1v) is 8.95. The highest BCUT2D eigenvalue weighted by atomic mass is 16.2. The van der Waals surface area contributed by atoms with Gasteiger partial charge < -0.3 is 5.32 Å². The molecular formula is C19H25N5O. The van der Waals surface area contributed by atoms with Crippen LogP contribution in [-0.4, -0.2) is 70.7 Å². The van der Waals surface area contributed by atoms with E-state index in [2.05, 4.69) is 38.9 Å². The zero-order valence-electron chi connectivity index (χ0n) is 14.6. The highest BCUT2D eigenvalue weighted by molar-refractivity contribution is 6.04. The number of likely N-dealkylation sites (tertiary alicyclic amines) is 1. The van der Waals surface area contributed by atoms with Crippen LogP contribution in [0.3, 0.4) is 0 Å². The molecule has 0 spiro atoms. The van der Waals surface area contributed by atoms with E-state index >= 15 is 0 Å². The number of amides is 1. The number of aromatic amines is 1. The highest BCUT2D eigenvalue weighted by Crippen LogP contribution is 2.28. The van der Waals surface area contributed by atoms with Gasteiger partial charge in [0.1, 0.15) is 0 Å². The number of benzene rings is 1. The molecule has 6 heteroatoms. The molecule has 0 radical (unpaired) electrons. The lowest BCUT2D eigenvalue weighted by Crippen LogP contribution is -2.63. The predicted octanol–water partition coefficient (Wildman–Crippen LogP) is 1.63. The van der Waals surface area contributed by atoms with Crippen molar-refractivity contribution in [2.45, 2.75) is 31.0 Å². The van der Waals surface area contributed by atoms with Crippen LogP contribution in [-0.2, 0) is 0 Å². The van der Waals surface area contributed by atoms with E-state index in [0.29, 0.717) is 17.8 Å². The van der Waals surface area contributed by atoms with E-state index < -0.39 is 0 Å². The molecule has 0 saturated carbocycles. The number of hydrogen-bond acceptors (Lipinski definition) is 4. The van der Waals surface area contributed by atoms with Crippen molar-refractivity contribution in [2.75, 3.05) is 26.7 Å². The first-order valence-electron chi connectivity index (χ1n) is 8.95. The van der Waals surface area contributed by atoms with Crippen LogP contribution in [0, 0.1) is 0 Å². The molecule has 2 aromatic rings. The second-order valence-electron chi connectivity index (χ2n) is 7.24. The van der Waals surface area contributed by atoms with Gasteiger partial charge in [-0.05, 0) is 26.0 Å². The van der Waals surface area contributed by atoms with Crippen molar-refractivity contribution in [1.82, 2.24) is 25.3 Å². The Labute approximate surface area is 147 Å². The van der Waals surface area contributed by atoms with Gasteiger partial charge in [-0.15, -0.1) is 6.58 Å². The van der Waals surface area contributed by atoms with E-state index in [1.165, 1.54) is 0 Å². The van der Waals surface area contributed by atoms with Crippen molar-refractivity contribution in [3.63, 3.8) is 0 Å². The zero-order chi connectivity index (χ0) is 17.4. The number of para-hydroxylation sites is 1. The topological polar surface area (TPSA) is 64.3 Å². The number of nitrogens with zero attached hydrogens (tertiary/aromatic N) is 3. The standard InChI is InChI=1S/C19H25N5O/c1-3-8-24-11-14-9-13(10-15(12-24)23(14)2)20-19(25)18-16-6-4-5-7-17(16)21-22-18/h3-7,13-15H,1,8-12H2,2H3,(H,20,25)(H,21,22)/t13-,14-,15+. The summed E-state index contributed by atoms with van der Waals surface area (Å²) in [5.74, 6) is -0.0759. The van der Waals surface area contributed by atoms with Gasteiger partial charge in [-0.2, -0.15) is 5.10 Å². The maximum absolute atomic E-state index is 12.7. The maximum atomic E-state index is 12.7. The molecule has 0 aliphatic carbocycles. The number of nitrogens with one attached hydrogen (secondary N) is 2. The van der Waals surface area contributed by atoms with E-state index in [9.17, 15) is 4.79 Å². The van der Waals surface area contributed by atoms with Crippen LogP contribution >= 0.6 is 0 Å². The number of fused-ring (bicyclic) bond motifs is 3. The van der Waals surface area contributed by atoms with E-state index in [0.717, 1.165) is 43.4 Å². The molecule has 2 aliphatic rings. The van der Waals surface area contributed by atoms with Gasteiger partial charge >= 0.3 is 0 Å². The van der Waals surface area contributed by atoms with Crippen molar-refractivity contribution in [1.29, 1.82) is 0 Å². The van der Waals surface area contributed by atoms with E-state index in [4.69, 9.17) is 0 Å². The van der Waals surface area contributed by atoms with Gasteiger partial charge in [0.2, 0.25) is 0 Å². The minimum Gasteiger partial charge on any atom is -0.348 e. The molecule has 1 aromatic carbocycles. The van der Waals surface area contributed by atoms with Gasteiger partial charge in [-0.1, -0.05) is 24.3 Å². The number of piperidine rings is 1. The number of piperazine rings is 1. The number of hydrogen-bond donors (Lipinski definition) is 2. The number of likely N-dealkylation sites (N-methyl/N-ethyl adjacent to an activating group) is 1. The third-order valence-corrected chi connectivity index (χ3v) is 5.61. The lowest BCUT2D eigenvalue weighted by atomic mass is 9.88. The second-order valence-corrected chi connectivity index (χ2v) is 7.24. The predicted molar refractivity (Wildman–Crippen MR) is 98.6 cm³/mol. The molecule has 2 bridgehead atoms. The number of aromatic nitrogens is 2. The normalized spacial score (nSPS) is 27.3. The molecule has 2 N–H and O–H groups in total. The lowest BCUT2D eigenvalue weighted by molar-refractivity contribution is 0.00265. The van der Waals surface area contributed by atoms with Crippen LogP contribution in [0.1, 0.15) is 23.3 Å². The first kappa shape index (κ1) is 16.3. The fourth-order valence-electron chi connectivity index (χ4n) is 4.30. The van der Waals surface area contributed by atoms with Crippen molar-refractivity contribution in [3.8, 4) is 0 Å². The van der Waals surface area contributed by atoms with Gasteiger partial charge in [0.05, 0.1) is 5.52 Å². The molecule has 3 heterocycles. The molecule has 132 valence electrons. The largest absolute Gasteiger partial charge is 0.348 e. The van der Waals surface area contributed by atoms with Crippen LogP contribution in [0.5, 0.6) is 0 Å². The van der Waals surface area contributed by atoms with Crippen molar-refractivity contribution in [2.24, 2.45) is 0 Å².